The highest BCUT2D eigenvalue weighted by Gasteiger charge is 2.33. The van der Waals surface area contributed by atoms with Crippen LogP contribution < -0.4 is 36.6 Å². The molecule has 1 aliphatic carbocycles. The van der Waals surface area contributed by atoms with E-state index in [9.17, 15) is 9.59 Å². The molecule has 9 nitrogen and oxygen atoms in total. The van der Waals surface area contributed by atoms with Gasteiger partial charge in [0.2, 0.25) is 0 Å². The van der Waals surface area contributed by atoms with Crippen molar-refractivity contribution in [1.82, 2.24) is 0 Å². The number of amides is 4. The lowest BCUT2D eigenvalue weighted by Crippen LogP contribution is -2.38. The van der Waals surface area contributed by atoms with Crippen LogP contribution in [0.3, 0.4) is 0 Å². The van der Waals surface area contributed by atoms with E-state index in [1.54, 1.807) is 24.1 Å². The topological polar surface area (TPSA) is 126 Å². The van der Waals surface area contributed by atoms with Crippen molar-refractivity contribution in [2.45, 2.75) is 98.6 Å². The molecule has 7 rings (SSSR count). The van der Waals surface area contributed by atoms with Gasteiger partial charge >= 0.3 is 12.1 Å². The van der Waals surface area contributed by atoms with Gasteiger partial charge in [0.05, 0.1) is 31.1 Å². The van der Waals surface area contributed by atoms with Gasteiger partial charge < -0.3 is 26.8 Å². The number of nitrogens with two attached hydrogens (primary N) is 2. The molecule has 0 aliphatic heterocycles. The van der Waals surface area contributed by atoms with Crippen LogP contribution in [-0.4, -0.2) is 19.2 Å². The Labute approximate surface area is 406 Å². The lowest BCUT2D eigenvalue weighted by molar-refractivity contribution is 0.254. The van der Waals surface area contributed by atoms with Crippen molar-refractivity contribution in [1.29, 1.82) is 0 Å². The smallest absolute Gasteiger partial charge is 0.326 e. The lowest BCUT2D eigenvalue weighted by Gasteiger charge is -2.31. The maximum atomic E-state index is 14.0. The highest BCUT2D eigenvalue weighted by molar-refractivity contribution is 6.32. The number of hydrogen-bond donors (Lipinski definition) is 4. The Morgan fingerprint density at radius 2 is 1.25 bits per heavy atom. The summed E-state index contributed by atoms with van der Waals surface area (Å²) in [5.74, 6) is 3.79. The van der Waals surface area contributed by atoms with E-state index >= 15 is 0 Å². The molecule has 1 aliphatic rings. The predicted octanol–water partition coefficient (Wildman–Crippen LogP) is 14.2. The van der Waals surface area contributed by atoms with Gasteiger partial charge in [-0.15, -0.1) is 6.42 Å². The first-order valence-corrected chi connectivity index (χ1v) is 23.8. The van der Waals surface area contributed by atoms with E-state index in [1.807, 2.05) is 81.1 Å². The molecule has 67 heavy (non-hydrogen) atoms. The van der Waals surface area contributed by atoms with Crippen LogP contribution in [-0.2, 0) is 38.6 Å². The number of carbonyl (C=O) groups is 2. The third kappa shape index (κ3) is 11.3. The van der Waals surface area contributed by atoms with Crippen LogP contribution in [0.15, 0.2) is 109 Å². The third-order valence-corrected chi connectivity index (χ3v) is 13.2. The molecule has 1 atom stereocenters. The predicted molar refractivity (Wildman–Crippen MR) is 281 cm³/mol. The van der Waals surface area contributed by atoms with E-state index in [0.29, 0.717) is 70.9 Å². The maximum absolute atomic E-state index is 14.0. The highest BCUT2D eigenvalue weighted by atomic mass is 35.5. The van der Waals surface area contributed by atoms with Crippen molar-refractivity contribution in [3.63, 3.8) is 0 Å². The molecule has 348 valence electrons. The first kappa shape index (κ1) is 49.8. The second-order valence-corrected chi connectivity index (χ2v) is 17.6. The Bertz CT molecular complexity index is 2670. The summed E-state index contributed by atoms with van der Waals surface area (Å²) in [4.78, 5) is 31.2. The van der Waals surface area contributed by atoms with Gasteiger partial charge in [-0.1, -0.05) is 119 Å². The summed E-state index contributed by atoms with van der Waals surface area (Å²) in [6.45, 7) is 12.8. The van der Waals surface area contributed by atoms with Crippen molar-refractivity contribution < 1.29 is 14.3 Å². The summed E-state index contributed by atoms with van der Waals surface area (Å²) in [6.07, 6.45) is 10.1. The van der Waals surface area contributed by atoms with Crippen LogP contribution in [0.5, 0.6) is 5.75 Å². The van der Waals surface area contributed by atoms with Crippen molar-refractivity contribution >= 4 is 69.4 Å². The minimum absolute atomic E-state index is 0.0345. The second kappa shape index (κ2) is 22.7. The van der Waals surface area contributed by atoms with Crippen molar-refractivity contribution in [2.75, 3.05) is 39.0 Å². The standard InChI is InChI=1S/C29H34ClN3O.C27H28ClN3O2/c1-5-22-25(30)17-26(31)23(6-2)28(22)32-29(34)33(21-14-11-19(12-15-21)18(3)4)27-16-13-20-9-7-8-10-24(20)27;1-5-18-8-12-20(13-9-18)31(17-19-10-14-21(33-4)15-11-19)27(32)30-26-22(6-2)24(28)16-25(29)23(26)7-3/h7-12,14-15,17-18,27H,5-6,13,16,31H2,1-4H3,(H,32,34);1,8-16H,6-7,17,29H2,2-4H3,(H,30,32). The molecule has 0 bridgehead atoms. The number of carbonyl (C=O) groups excluding carboxylic acids is 2. The van der Waals surface area contributed by atoms with Gasteiger partial charge in [0.25, 0.3) is 0 Å². The number of ether oxygens (including phenoxy) is 1. The number of fused-ring (bicyclic) bond motifs is 1. The van der Waals surface area contributed by atoms with Crippen LogP contribution in [0.25, 0.3) is 0 Å². The minimum atomic E-state index is -0.287. The highest BCUT2D eigenvalue weighted by Crippen LogP contribution is 2.41. The third-order valence-electron chi connectivity index (χ3n) is 12.5. The quantitative estimate of drug-likeness (QED) is 0.0678. The zero-order valence-corrected chi connectivity index (χ0v) is 41.1. The SMILES string of the molecule is C#Cc1ccc(N(Cc2ccc(OC)cc2)C(=O)Nc2c(CC)c(N)cc(Cl)c2CC)cc1.CCc1c(N)cc(Cl)c(CC)c1NC(=O)N(c1ccc(C(C)C)cc1)C1CCc2ccccc21. The number of benzene rings is 6. The van der Waals surface area contributed by atoms with Gasteiger partial charge in [-0.05, 0) is 150 Å². The Morgan fingerprint density at radius 1 is 0.731 bits per heavy atom. The Kier molecular flexibility index (Phi) is 16.9. The summed E-state index contributed by atoms with van der Waals surface area (Å²) in [6, 6.07) is 34.8. The maximum Gasteiger partial charge on any atom is 0.326 e. The van der Waals surface area contributed by atoms with Crippen LogP contribution in [0.2, 0.25) is 10.0 Å². The van der Waals surface area contributed by atoms with E-state index in [-0.39, 0.29) is 18.1 Å². The molecule has 0 spiro atoms. The average Bonchev–Trinajstić information content (AvgIpc) is 3.75. The molecule has 0 heterocycles. The Morgan fingerprint density at radius 3 is 1.76 bits per heavy atom. The Hall–Kier alpha value is -6.60. The minimum Gasteiger partial charge on any atom is -0.497 e. The summed E-state index contributed by atoms with van der Waals surface area (Å²) < 4.78 is 5.25. The summed E-state index contributed by atoms with van der Waals surface area (Å²) in [5.41, 5.74) is 25.8. The number of nitrogens with zero attached hydrogens (tertiary/aromatic N) is 2. The van der Waals surface area contributed by atoms with Crippen molar-refractivity contribution in [3.8, 4) is 18.1 Å². The van der Waals surface area contributed by atoms with E-state index in [4.69, 9.17) is 45.8 Å². The number of nitrogen functional groups attached to an aromatic ring is 2. The fourth-order valence-electron chi connectivity index (χ4n) is 8.80. The molecule has 6 aromatic rings. The van der Waals surface area contributed by atoms with E-state index < -0.39 is 0 Å². The normalized spacial score (nSPS) is 12.6. The number of methoxy groups -OCH3 is 1. The lowest BCUT2D eigenvalue weighted by atomic mass is 10.0. The summed E-state index contributed by atoms with van der Waals surface area (Å²) in [5, 5.41) is 7.45. The number of halogens is 2. The van der Waals surface area contributed by atoms with Crippen LogP contribution >= 0.6 is 23.2 Å². The molecule has 0 aromatic heterocycles. The van der Waals surface area contributed by atoms with Crippen LogP contribution in [0, 0.1) is 12.3 Å². The average molecular weight is 938 g/mol. The number of urea groups is 2. The van der Waals surface area contributed by atoms with Crippen LogP contribution in [0.4, 0.5) is 43.7 Å². The van der Waals surface area contributed by atoms with Crippen molar-refractivity contribution in [3.05, 3.63) is 169 Å². The first-order chi connectivity index (χ1) is 32.3. The number of rotatable bonds is 13. The fourth-order valence-corrected chi connectivity index (χ4v) is 9.49. The molecule has 0 radical (unpaired) electrons. The van der Waals surface area contributed by atoms with Gasteiger partial charge in [0, 0.05) is 38.4 Å². The van der Waals surface area contributed by atoms with E-state index in [2.05, 4.69) is 78.9 Å². The molecule has 6 aromatic carbocycles. The largest absolute Gasteiger partial charge is 0.497 e. The molecule has 0 saturated heterocycles. The van der Waals surface area contributed by atoms with Gasteiger partial charge in [-0.3, -0.25) is 9.80 Å². The van der Waals surface area contributed by atoms with E-state index in [0.717, 1.165) is 63.3 Å². The fraction of sp³-hybridized carbons (Fsp3) is 0.286. The Balaban J connectivity index is 0.000000221. The molecule has 6 N–H and O–H groups in total. The second-order valence-electron chi connectivity index (χ2n) is 16.8. The first-order valence-electron chi connectivity index (χ1n) is 23.0. The number of anilines is 6. The molecule has 1 unspecified atom stereocenters. The summed E-state index contributed by atoms with van der Waals surface area (Å²) >= 11 is 13.0. The van der Waals surface area contributed by atoms with Crippen molar-refractivity contribution in [2.24, 2.45) is 0 Å². The molecule has 0 fully saturated rings. The van der Waals surface area contributed by atoms with Gasteiger partial charge in [0.15, 0.2) is 0 Å². The monoisotopic (exact) mass is 936 g/mol. The van der Waals surface area contributed by atoms with Gasteiger partial charge in [0.1, 0.15) is 5.75 Å². The number of nitrogens with one attached hydrogen (secondary N) is 2. The number of hydrogen-bond acceptors (Lipinski definition) is 5. The molecular formula is C56H62Cl2N6O3. The van der Waals surface area contributed by atoms with Gasteiger partial charge in [-0.25, -0.2) is 9.59 Å². The summed E-state index contributed by atoms with van der Waals surface area (Å²) in [7, 11) is 1.62. The molecular weight excluding hydrogens is 876 g/mol. The number of terminal acetylenes is 1. The zero-order valence-electron chi connectivity index (χ0n) is 39.6. The number of aryl methyl sites for hydroxylation is 1. The van der Waals surface area contributed by atoms with E-state index in [1.165, 1.54) is 16.7 Å². The molecule has 0 saturated carbocycles. The zero-order chi connectivity index (χ0) is 48.4. The van der Waals surface area contributed by atoms with Crippen LogP contribution in [0.1, 0.15) is 110 Å². The molecule has 11 heteroatoms. The molecule has 4 amide bonds. The van der Waals surface area contributed by atoms with Gasteiger partial charge in [-0.2, -0.15) is 0 Å².